The van der Waals surface area contributed by atoms with Crippen LogP contribution in [0.4, 0.5) is 4.79 Å². The lowest BCUT2D eigenvalue weighted by Gasteiger charge is -2.39. The van der Waals surface area contributed by atoms with E-state index >= 15 is 0 Å². The fraction of sp³-hybridized carbons (Fsp3) is 0.933. The molecule has 0 N–H and O–H groups in total. The predicted octanol–water partition coefficient (Wildman–Crippen LogP) is 2.33. The number of ether oxygens (including phenoxy) is 3. The Morgan fingerprint density at radius 2 is 1.85 bits per heavy atom. The van der Waals surface area contributed by atoms with Gasteiger partial charge in [-0.05, 0) is 46.5 Å². The topological polar surface area (TPSA) is 51.3 Å². The van der Waals surface area contributed by atoms with E-state index in [1.807, 2.05) is 25.7 Å². The Balaban J connectivity index is 1.55. The van der Waals surface area contributed by atoms with Gasteiger partial charge in [0.05, 0.1) is 19.3 Å². The van der Waals surface area contributed by atoms with E-state index in [0.29, 0.717) is 12.7 Å². The minimum atomic E-state index is -0.423. The number of carbonyl (C=O) groups excluding carboxylic acids is 1. The van der Waals surface area contributed by atoms with E-state index in [2.05, 4.69) is 0 Å². The molecule has 3 aliphatic rings. The Bertz CT molecular complexity index is 361. The van der Waals surface area contributed by atoms with E-state index in [1.165, 1.54) is 0 Å². The minimum absolute atomic E-state index is 0.158. The molecule has 5 heteroatoms. The SMILES string of the molecule is CC(C)(C)OC(=O)N1[C@@H]2CC[C@H]1CC(OC[C@@H]1CO1)C2. The second-order valence-electron chi connectivity index (χ2n) is 7.15. The zero-order valence-corrected chi connectivity index (χ0v) is 12.6. The normalized spacial score (nSPS) is 36.0. The highest BCUT2D eigenvalue weighted by Gasteiger charge is 2.45. The zero-order chi connectivity index (χ0) is 14.3. The van der Waals surface area contributed by atoms with Gasteiger partial charge in [0.25, 0.3) is 0 Å². The summed E-state index contributed by atoms with van der Waals surface area (Å²) in [6.45, 7) is 7.29. The quantitative estimate of drug-likeness (QED) is 0.746. The number of rotatable bonds is 3. The highest BCUT2D eigenvalue weighted by Crippen LogP contribution is 2.38. The Morgan fingerprint density at radius 1 is 1.25 bits per heavy atom. The van der Waals surface area contributed by atoms with E-state index in [0.717, 1.165) is 32.3 Å². The number of epoxide rings is 1. The maximum Gasteiger partial charge on any atom is 0.410 e. The number of carbonyl (C=O) groups is 1. The lowest BCUT2D eigenvalue weighted by Crippen LogP contribution is -2.50. The summed E-state index contributed by atoms with van der Waals surface area (Å²) in [7, 11) is 0. The molecule has 0 aromatic heterocycles. The average molecular weight is 283 g/mol. The van der Waals surface area contributed by atoms with Gasteiger partial charge in [-0.1, -0.05) is 0 Å². The van der Waals surface area contributed by atoms with Gasteiger partial charge in [0.15, 0.2) is 0 Å². The molecule has 3 heterocycles. The van der Waals surface area contributed by atoms with Gasteiger partial charge in [-0.2, -0.15) is 0 Å². The molecule has 0 aromatic rings. The van der Waals surface area contributed by atoms with Crippen LogP contribution >= 0.6 is 0 Å². The summed E-state index contributed by atoms with van der Waals surface area (Å²) in [5, 5.41) is 0. The molecule has 20 heavy (non-hydrogen) atoms. The van der Waals surface area contributed by atoms with Crippen LogP contribution in [0.5, 0.6) is 0 Å². The number of amides is 1. The van der Waals surface area contributed by atoms with Crippen LogP contribution in [-0.2, 0) is 14.2 Å². The summed E-state index contributed by atoms with van der Waals surface area (Å²) in [5.41, 5.74) is -0.423. The first-order valence-electron chi connectivity index (χ1n) is 7.67. The van der Waals surface area contributed by atoms with Crippen LogP contribution < -0.4 is 0 Å². The molecule has 1 amide bonds. The first-order valence-corrected chi connectivity index (χ1v) is 7.67. The van der Waals surface area contributed by atoms with Crippen LogP contribution in [0.2, 0.25) is 0 Å². The van der Waals surface area contributed by atoms with Crippen LogP contribution in [-0.4, -0.2) is 54.1 Å². The van der Waals surface area contributed by atoms with Gasteiger partial charge >= 0.3 is 6.09 Å². The fourth-order valence-electron chi connectivity index (χ4n) is 3.28. The Labute approximate surface area is 120 Å². The van der Waals surface area contributed by atoms with Gasteiger partial charge in [0, 0.05) is 12.1 Å². The third-order valence-corrected chi connectivity index (χ3v) is 4.21. The standard InChI is InChI=1S/C15H25NO4/c1-15(2,3)20-14(17)16-10-4-5-11(16)7-12(6-10)18-8-13-9-19-13/h10-13H,4-9H2,1-3H3/t10-,11+,12?,13-/m1/s1. The molecule has 3 rings (SSSR count). The lowest BCUT2D eigenvalue weighted by atomic mass is 10.0. The minimum Gasteiger partial charge on any atom is -0.444 e. The molecule has 0 aromatic carbocycles. The molecule has 0 spiro atoms. The predicted molar refractivity (Wildman–Crippen MR) is 73.6 cm³/mol. The van der Waals surface area contributed by atoms with Crippen molar-refractivity contribution in [3.05, 3.63) is 0 Å². The summed E-state index contributed by atoms with van der Waals surface area (Å²) >= 11 is 0. The van der Waals surface area contributed by atoms with Crippen molar-refractivity contribution >= 4 is 6.09 Å². The molecule has 4 atom stereocenters. The molecule has 2 bridgehead atoms. The Hall–Kier alpha value is -0.810. The van der Waals surface area contributed by atoms with E-state index in [1.54, 1.807) is 0 Å². The Kier molecular flexibility index (Phi) is 3.67. The highest BCUT2D eigenvalue weighted by molar-refractivity contribution is 5.69. The molecule has 3 fully saturated rings. The van der Waals surface area contributed by atoms with Crippen molar-refractivity contribution < 1.29 is 19.0 Å². The lowest BCUT2D eigenvalue weighted by molar-refractivity contribution is -0.0372. The number of piperidine rings is 1. The van der Waals surface area contributed by atoms with Crippen LogP contribution in [0.25, 0.3) is 0 Å². The van der Waals surface area contributed by atoms with Gasteiger partial charge in [0.2, 0.25) is 0 Å². The van der Waals surface area contributed by atoms with E-state index in [9.17, 15) is 4.79 Å². The van der Waals surface area contributed by atoms with Gasteiger partial charge < -0.3 is 19.1 Å². The third-order valence-electron chi connectivity index (χ3n) is 4.21. The highest BCUT2D eigenvalue weighted by atomic mass is 16.6. The first kappa shape index (κ1) is 14.1. The zero-order valence-electron chi connectivity index (χ0n) is 12.6. The summed E-state index contributed by atoms with van der Waals surface area (Å²) in [6, 6.07) is 0.572. The summed E-state index contributed by atoms with van der Waals surface area (Å²) in [4.78, 5) is 14.3. The molecule has 5 nitrogen and oxygen atoms in total. The maximum atomic E-state index is 12.3. The van der Waals surface area contributed by atoms with Gasteiger partial charge in [-0.3, -0.25) is 0 Å². The number of fused-ring (bicyclic) bond motifs is 2. The van der Waals surface area contributed by atoms with Crippen LogP contribution in [0.3, 0.4) is 0 Å². The van der Waals surface area contributed by atoms with Crippen molar-refractivity contribution in [1.82, 2.24) is 4.90 Å². The van der Waals surface area contributed by atoms with Crippen LogP contribution in [0.15, 0.2) is 0 Å². The average Bonchev–Trinajstić information content (AvgIpc) is 3.10. The number of hydrogen-bond donors (Lipinski definition) is 0. The number of nitrogens with zero attached hydrogens (tertiary/aromatic N) is 1. The molecule has 0 saturated carbocycles. The van der Waals surface area contributed by atoms with Gasteiger partial charge in [-0.15, -0.1) is 0 Å². The summed E-state index contributed by atoms with van der Waals surface area (Å²) in [6.07, 6.45) is 4.44. The van der Waals surface area contributed by atoms with Crippen molar-refractivity contribution in [2.45, 2.75) is 76.3 Å². The molecular formula is C15H25NO4. The first-order chi connectivity index (χ1) is 9.42. The molecule has 3 saturated heterocycles. The van der Waals surface area contributed by atoms with E-state index in [4.69, 9.17) is 14.2 Å². The molecule has 0 aliphatic carbocycles. The molecule has 3 aliphatic heterocycles. The summed E-state index contributed by atoms with van der Waals surface area (Å²) < 4.78 is 16.6. The van der Waals surface area contributed by atoms with Crippen molar-refractivity contribution in [3.8, 4) is 0 Å². The number of hydrogen-bond acceptors (Lipinski definition) is 4. The van der Waals surface area contributed by atoms with E-state index < -0.39 is 5.60 Å². The van der Waals surface area contributed by atoms with Crippen LogP contribution in [0.1, 0.15) is 46.5 Å². The third kappa shape index (κ3) is 3.26. The second kappa shape index (κ2) is 5.19. The molecule has 0 radical (unpaired) electrons. The maximum absolute atomic E-state index is 12.3. The van der Waals surface area contributed by atoms with Crippen molar-refractivity contribution in [2.24, 2.45) is 0 Å². The van der Waals surface area contributed by atoms with Crippen molar-refractivity contribution in [3.63, 3.8) is 0 Å². The molecular weight excluding hydrogens is 258 g/mol. The van der Waals surface area contributed by atoms with E-state index in [-0.39, 0.29) is 24.3 Å². The largest absolute Gasteiger partial charge is 0.444 e. The molecule has 1 unspecified atom stereocenters. The second-order valence-corrected chi connectivity index (χ2v) is 7.15. The Morgan fingerprint density at radius 3 is 2.35 bits per heavy atom. The smallest absolute Gasteiger partial charge is 0.410 e. The monoisotopic (exact) mass is 283 g/mol. The van der Waals surface area contributed by atoms with Gasteiger partial charge in [-0.25, -0.2) is 4.79 Å². The molecule has 114 valence electrons. The summed E-state index contributed by atoms with van der Waals surface area (Å²) in [5.74, 6) is 0. The van der Waals surface area contributed by atoms with Crippen molar-refractivity contribution in [2.75, 3.05) is 13.2 Å². The van der Waals surface area contributed by atoms with Crippen LogP contribution in [0, 0.1) is 0 Å². The fourth-order valence-corrected chi connectivity index (χ4v) is 3.28. The van der Waals surface area contributed by atoms with Crippen molar-refractivity contribution in [1.29, 1.82) is 0 Å². The van der Waals surface area contributed by atoms with Gasteiger partial charge in [0.1, 0.15) is 11.7 Å².